The van der Waals surface area contributed by atoms with E-state index in [1.165, 1.54) is 12.8 Å². The molecule has 1 fully saturated rings. The summed E-state index contributed by atoms with van der Waals surface area (Å²) < 4.78 is 0. The van der Waals surface area contributed by atoms with Crippen LogP contribution in [0.4, 0.5) is 11.8 Å². The van der Waals surface area contributed by atoms with E-state index in [-0.39, 0.29) is 0 Å². The van der Waals surface area contributed by atoms with Gasteiger partial charge < -0.3 is 10.6 Å². The van der Waals surface area contributed by atoms with Gasteiger partial charge in [0.15, 0.2) is 0 Å². The second kappa shape index (κ2) is 4.47. The first-order valence-corrected chi connectivity index (χ1v) is 5.68. The van der Waals surface area contributed by atoms with Crippen molar-refractivity contribution in [1.82, 2.24) is 9.97 Å². The number of nitrogens with two attached hydrogens (primary N) is 1. The van der Waals surface area contributed by atoms with E-state index in [1.807, 2.05) is 6.07 Å². The van der Waals surface area contributed by atoms with Gasteiger partial charge in [-0.05, 0) is 19.3 Å². The van der Waals surface area contributed by atoms with Crippen LogP contribution in [0.5, 0.6) is 0 Å². The normalized spacial score (nSPS) is 15.9. The molecule has 0 aromatic carbocycles. The quantitative estimate of drug-likeness (QED) is 0.816. The van der Waals surface area contributed by atoms with E-state index in [1.54, 1.807) is 0 Å². The maximum absolute atomic E-state index is 5.78. The molecule has 0 radical (unpaired) electrons. The van der Waals surface area contributed by atoms with Gasteiger partial charge in [-0.2, -0.15) is 4.98 Å². The predicted octanol–water partition coefficient (Wildman–Crippen LogP) is 1.61. The van der Waals surface area contributed by atoms with Crippen LogP contribution in [0.2, 0.25) is 0 Å². The SMILES string of the molecule is CCCc1cc(N)nc(N2CCCC2)n1. The molecule has 4 nitrogen and oxygen atoms in total. The number of hydrogen-bond acceptors (Lipinski definition) is 4. The molecule has 2 rings (SSSR count). The summed E-state index contributed by atoms with van der Waals surface area (Å²) in [5, 5.41) is 0. The van der Waals surface area contributed by atoms with Crippen molar-refractivity contribution in [2.24, 2.45) is 0 Å². The molecule has 2 N–H and O–H groups in total. The van der Waals surface area contributed by atoms with E-state index in [0.717, 1.165) is 37.6 Å². The molecule has 0 atom stereocenters. The van der Waals surface area contributed by atoms with Crippen molar-refractivity contribution < 1.29 is 0 Å². The van der Waals surface area contributed by atoms with Crippen LogP contribution in [0.1, 0.15) is 31.9 Å². The Kier molecular flexibility index (Phi) is 3.04. The van der Waals surface area contributed by atoms with Gasteiger partial charge in [0.05, 0.1) is 0 Å². The zero-order chi connectivity index (χ0) is 10.7. The monoisotopic (exact) mass is 206 g/mol. The number of nitrogen functional groups attached to an aromatic ring is 1. The lowest BCUT2D eigenvalue weighted by molar-refractivity contribution is 0.840. The van der Waals surface area contributed by atoms with Gasteiger partial charge in [-0.15, -0.1) is 0 Å². The van der Waals surface area contributed by atoms with Gasteiger partial charge >= 0.3 is 0 Å². The van der Waals surface area contributed by atoms with Gasteiger partial charge in [0.1, 0.15) is 5.82 Å². The molecule has 0 bridgehead atoms. The molecule has 1 aromatic heterocycles. The summed E-state index contributed by atoms with van der Waals surface area (Å²) in [6.07, 6.45) is 4.55. The second-order valence-corrected chi connectivity index (χ2v) is 4.03. The minimum atomic E-state index is 0.593. The number of aromatic nitrogens is 2. The molecule has 0 amide bonds. The highest BCUT2D eigenvalue weighted by atomic mass is 15.3. The molecule has 1 aliphatic rings. The van der Waals surface area contributed by atoms with E-state index in [9.17, 15) is 0 Å². The topological polar surface area (TPSA) is 55.0 Å². The summed E-state index contributed by atoms with van der Waals surface area (Å²) in [6, 6.07) is 1.88. The molecule has 15 heavy (non-hydrogen) atoms. The summed E-state index contributed by atoms with van der Waals surface area (Å²) in [5.74, 6) is 1.41. The van der Waals surface area contributed by atoms with Gasteiger partial charge in [0.2, 0.25) is 5.95 Å². The lowest BCUT2D eigenvalue weighted by Crippen LogP contribution is -2.21. The van der Waals surface area contributed by atoms with Crippen LogP contribution in [0.3, 0.4) is 0 Å². The first kappa shape index (κ1) is 10.2. The number of anilines is 2. The van der Waals surface area contributed by atoms with Gasteiger partial charge in [-0.25, -0.2) is 4.98 Å². The molecule has 1 saturated heterocycles. The Labute approximate surface area is 90.5 Å². The number of aryl methyl sites for hydroxylation is 1. The van der Waals surface area contributed by atoms with E-state index >= 15 is 0 Å². The minimum absolute atomic E-state index is 0.593. The third-order valence-electron chi connectivity index (χ3n) is 2.68. The molecule has 0 unspecified atom stereocenters. The zero-order valence-corrected chi connectivity index (χ0v) is 9.24. The Balaban J connectivity index is 2.22. The van der Waals surface area contributed by atoms with Crippen molar-refractivity contribution in [3.63, 3.8) is 0 Å². The Morgan fingerprint density at radius 1 is 1.33 bits per heavy atom. The fourth-order valence-corrected chi connectivity index (χ4v) is 1.95. The molecule has 2 heterocycles. The molecular weight excluding hydrogens is 188 g/mol. The Morgan fingerprint density at radius 2 is 2.07 bits per heavy atom. The maximum Gasteiger partial charge on any atom is 0.227 e. The smallest absolute Gasteiger partial charge is 0.227 e. The first-order valence-electron chi connectivity index (χ1n) is 5.68. The Bertz CT molecular complexity index is 331. The van der Waals surface area contributed by atoms with Crippen molar-refractivity contribution in [1.29, 1.82) is 0 Å². The van der Waals surface area contributed by atoms with Crippen LogP contribution >= 0.6 is 0 Å². The van der Waals surface area contributed by atoms with Crippen molar-refractivity contribution in [3.05, 3.63) is 11.8 Å². The number of rotatable bonds is 3. The van der Waals surface area contributed by atoms with E-state index < -0.39 is 0 Å². The average Bonchev–Trinajstić information content (AvgIpc) is 2.70. The first-order chi connectivity index (χ1) is 7.29. The van der Waals surface area contributed by atoms with Gasteiger partial charge in [-0.1, -0.05) is 13.3 Å². The van der Waals surface area contributed by atoms with Crippen molar-refractivity contribution in [3.8, 4) is 0 Å². The molecule has 1 aliphatic heterocycles. The summed E-state index contributed by atoms with van der Waals surface area (Å²) in [6.45, 7) is 4.28. The van der Waals surface area contributed by atoms with Gasteiger partial charge in [0, 0.05) is 24.8 Å². The lowest BCUT2D eigenvalue weighted by atomic mass is 10.2. The molecule has 82 valence electrons. The lowest BCUT2D eigenvalue weighted by Gasteiger charge is -2.16. The molecular formula is C11H18N4. The average molecular weight is 206 g/mol. The Morgan fingerprint density at radius 3 is 2.73 bits per heavy atom. The fourth-order valence-electron chi connectivity index (χ4n) is 1.95. The van der Waals surface area contributed by atoms with Gasteiger partial charge in [-0.3, -0.25) is 0 Å². The molecule has 0 spiro atoms. The third kappa shape index (κ3) is 2.37. The van der Waals surface area contributed by atoms with Crippen molar-refractivity contribution in [2.45, 2.75) is 32.6 Å². The summed E-state index contributed by atoms with van der Waals surface area (Å²) in [4.78, 5) is 11.0. The van der Waals surface area contributed by atoms with Gasteiger partial charge in [0.25, 0.3) is 0 Å². The standard InChI is InChI=1S/C11H18N4/c1-2-5-9-8-10(12)14-11(13-9)15-6-3-4-7-15/h8H,2-7H2,1H3,(H2,12,13,14). The van der Waals surface area contributed by atoms with Crippen LogP contribution < -0.4 is 10.6 Å². The van der Waals surface area contributed by atoms with Crippen molar-refractivity contribution >= 4 is 11.8 Å². The molecule has 0 saturated carbocycles. The number of nitrogens with zero attached hydrogens (tertiary/aromatic N) is 3. The third-order valence-corrected chi connectivity index (χ3v) is 2.68. The van der Waals surface area contributed by atoms with Crippen LogP contribution in [-0.4, -0.2) is 23.1 Å². The number of hydrogen-bond donors (Lipinski definition) is 1. The van der Waals surface area contributed by atoms with E-state index in [0.29, 0.717) is 5.82 Å². The second-order valence-electron chi connectivity index (χ2n) is 4.03. The molecule has 0 aliphatic carbocycles. The summed E-state index contributed by atoms with van der Waals surface area (Å²) in [7, 11) is 0. The van der Waals surface area contributed by atoms with Crippen LogP contribution in [0.25, 0.3) is 0 Å². The fraction of sp³-hybridized carbons (Fsp3) is 0.636. The van der Waals surface area contributed by atoms with Crippen LogP contribution in [-0.2, 0) is 6.42 Å². The zero-order valence-electron chi connectivity index (χ0n) is 9.24. The highest BCUT2D eigenvalue weighted by Crippen LogP contribution is 2.17. The minimum Gasteiger partial charge on any atom is -0.384 e. The predicted molar refractivity (Wildman–Crippen MR) is 61.9 cm³/mol. The maximum atomic E-state index is 5.78. The van der Waals surface area contributed by atoms with Crippen molar-refractivity contribution in [2.75, 3.05) is 23.7 Å². The highest BCUT2D eigenvalue weighted by molar-refractivity contribution is 5.41. The largest absolute Gasteiger partial charge is 0.384 e. The summed E-state index contributed by atoms with van der Waals surface area (Å²) >= 11 is 0. The van der Waals surface area contributed by atoms with Crippen LogP contribution in [0, 0.1) is 0 Å². The Hall–Kier alpha value is -1.32. The van der Waals surface area contributed by atoms with E-state index in [4.69, 9.17) is 5.73 Å². The highest BCUT2D eigenvalue weighted by Gasteiger charge is 2.15. The molecule has 4 heteroatoms. The van der Waals surface area contributed by atoms with Crippen LogP contribution in [0.15, 0.2) is 6.07 Å². The van der Waals surface area contributed by atoms with E-state index in [2.05, 4.69) is 21.8 Å². The summed E-state index contributed by atoms with van der Waals surface area (Å²) in [5.41, 5.74) is 6.84. The molecule has 1 aromatic rings.